The molecule has 8 heteroatoms. The van der Waals surface area contributed by atoms with Gasteiger partial charge in [0.2, 0.25) is 5.91 Å². The molecule has 2 heterocycles. The van der Waals surface area contributed by atoms with E-state index in [4.69, 9.17) is 9.47 Å². The van der Waals surface area contributed by atoms with Crippen molar-refractivity contribution in [2.45, 2.75) is 33.1 Å². The van der Waals surface area contributed by atoms with E-state index in [9.17, 15) is 4.79 Å². The van der Waals surface area contributed by atoms with Crippen LogP contribution in [0.1, 0.15) is 28.9 Å². The lowest BCUT2D eigenvalue weighted by molar-refractivity contribution is -0.129. The zero-order chi connectivity index (χ0) is 21.0. The lowest BCUT2D eigenvalue weighted by Gasteiger charge is -2.18. The second kappa shape index (κ2) is 8.89. The van der Waals surface area contributed by atoms with Crippen LogP contribution in [0.15, 0.2) is 24.5 Å². The minimum atomic E-state index is 0.1000. The minimum Gasteiger partial charge on any atom is -0.493 e. The van der Waals surface area contributed by atoms with Crippen LogP contribution in [0.5, 0.6) is 11.5 Å². The molecule has 154 valence electrons. The van der Waals surface area contributed by atoms with Gasteiger partial charge >= 0.3 is 0 Å². The highest BCUT2D eigenvalue weighted by molar-refractivity contribution is 5.76. The Morgan fingerprint density at radius 2 is 1.90 bits per heavy atom. The summed E-state index contributed by atoms with van der Waals surface area (Å²) in [5.41, 5.74) is 4.01. The fourth-order valence-corrected chi connectivity index (χ4v) is 3.40. The van der Waals surface area contributed by atoms with Crippen LogP contribution in [0.2, 0.25) is 0 Å². The van der Waals surface area contributed by atoms with E-state index in [0.717, 1.165) is 28.9 Å². The molecule has 3 aromatic rings. The third-order valence-corrected chi connectivity index (χ3v) is 5.19. The quantitative estimate of drug-likeness (QED) is 0.581. The molecule has 0 saturated heterocycles. The topological polar surface area (TPSA) is 81.9 Å². The molecule has 8 nitrogen and oxygen atoms in total. The van der Waals surface area contributed by atoms with Crippen molar-refractivity contribution in [3.05, 3.63) is 47.0 Å². The zero-order valence-electron chi connectivity index (χ0n) is 17.6. The standard InChI is InChI=1S/C21H27N5O3/c1-14-17(15(2)26-21(24-14)22-13-23-26)7-9-20(27)25(3)11-10-16-6-8-18(28-4)19(12-16)29-5/h6,8,12-13H,7,9-11H2,1-5H3. The number of carbonyl (C=O) groups is 1. The molecule has 0 aliphatic rings. The number of likely N-dealkylation sites (N-methyl/N-ethyl adjacent to an activating group) is 1. The van der Waals surface area contributed by atoms with Crippen molar-refractivity contribution in [1.82, 2.24) is 24.5 Å². The first kappa shape index (κ1) is 20.6. The normalized spacial score (nSPS) is 10.9. The largest absolute Gasteiger partial charge is 0.493 e. The summed E-state index contributed by atoms with van der Waals surface area (Å²) >= 11 is 0. The molecule has 0 fully saturated rings. The molecule has 0 saturated carbocycles. The maximum atomic E-state index is 12.6. The number of methoxy groups -OCH3 is 2. The van der Waals surface area contributed by atoms with Gasteiger partial charge in [0.05, 0.1) is 14.2 Å². The summed E-state index contributed by atoms with van der Waals surface area (Å²) in [7, 11) is 5.07. The Kier molecular flexibility index (Phi) is 6.31. The lowest BCUT2D eigenvalue weighted by Crippen LogP contribution is -2.29. The number of fused-ring (bicyclic) bond motifs is 1. The number of hydrogen-bond acceptors (Lipinski definition) is 6. The van der Waals surface area contributed by atoms with Gasteiger partial charge in [0, 0.05) is 31.4 Å². The van der Waals surface area contributed by atoms with Crippen molar-refractivity contribution < 1.29 is 14.3 Å². The molecular formula is C21H27N5O3. The Hall–Kier alpha value is -3.16. The number of amides is 1. The van der Waals surface area contributed by atoms with Crippen LogP contribution in [0, 0.1) is 13.8 Å². The molecule has 0 N–H and O–H groups in total. The van der Waals surface area contributed by atoms with E-state index in [0.29, 0.717) is 36.7 Å². The van der Waals surface area contributed by atoms with E-state index in [2.05, 4.69) is 15.1 Å². The Labute approximate surface area is 170 Å². The van der Waals surface area contributed by atoms with Gasteiger partial charge in [-0.25, -0.2) is 9.50 Å². The number of carbonyl (C=O) groups excluding carboxylic acids is 1. The van der Waals surface area contributed by atoms with Gasteiger partial charge in [0.1, 0.15) is 6.33 Å². The van der Waals surface area contributed by atoms with Crippen LogP contribution in [-0.4, -0.2) is 58.2 Å². The monoisotopic (exact) mass is 397 g/mol. The van der Waals surface area contributed by atoms with E-state index >= 15 is 0 Å². The second-order valence-corrected chi connectivity index (χ2v) is 6.99. The first-order valence-electron chi connectivity index (χ1n) is 9.55. The van der Waals surface area contributed by atoms with Gasteiger partial charge in [-0.3, -0.25) is 4.79 Å². The Morgan fingerprint density at radius 1 is 1.14 bits per heavy atom. The summed E-state index contributed by atoms with van der Waals surface area (Å²) in [5, 5.41) is 4.20. The van der Waals surface area contributed by atoms with Crippen molar-refractivity contribution in [3.8, 4) is 11.5 Å². The molecule has 0 spiro atoms. The molecule has 2 aromatic heterocycles. The fraction of sp³-hybridized carbons (Fsp3) is 0.429. The molecule has 1 aromatic carbocycles. The van der Waals surface area contributed by atoms with Crippen molar-refractivity contribution in [2.75, 3.05) is 27.8 Å². The van der Waals surface area contributed by atoms with Crippen LogP contribution in [0.25, 0.3) is 5.78 Å². The molecule has 0 aliphatic carbocycles. The number of hydrogen-bond donors (Lipinski definition) is 0. The molecular weight excluding hydrogens is 370 g/mol. The van der Waals surface area contributed by atoms with E-state index in [1.165, 1.54) is 6.33 Å². The predicted molar refractivity (Wildman–Crippen MR) is 109 cm³/mol. The van der Waals surface area contributed by atoms with Crippen LogP contribution >= 0.6 is 0 Å². The maximum Gasteiger partial charge on any atom is 0.252 e. The summed E-state index contributed by atoms with van der Waals surface area (Å²) in [5.74, 6) is 2.08. The predicted octanol–water partition coefficient (Wildman–Crippen LogP) is 2.39. The van der Waals surface area contributed by atoms with Gasteiger partial charge in [-0.15, -0.1) is 0 Å². The summed E-state index contributed by atoms with van der Waals surface area (Å²) in [6.45, 7) is 4.56. The van der Waals surface area contributed by atoms with Gasteiger partial charge in [0.25, 0.3) is 5.78 Å². The fourth-order valence-electron chi connectivity index (χ4n) is 3.40. The lowest BCUT2D eigenvalue weighted by atomic mass is 10.1. The highest BCUT2D eigenvalue weighted by atomic mass is 16.5. The van der Waals surface area contributed by atoms with Crippen molar-refractivity contribution in [1.29, 1.82) is 0 Å². The number of rotatable bonds is 8. The van der Waals surface area contributed by atoms with Gasteiger partial charge in [-0.2, -0.15) is 10.1 Å². The number of ether oxygens (including phenoxy) is 2. The van der Waals surface area contributed by atoms with Crippen molar-refractivity contribution in [3.63, 3.8) is 0 Å². The first-order chi connectivity index (χ1) is 13.9. The van der Waals surface area contributed by atoms with Gasteiger partial charge < -0.3 is 14.4 Å². The van der Waals surface area contributed by atoms with Gasteiger partial charge in [-0.05, 0) is 49.9 Å². The van der Waals surface area contributed by atoms with Crippen LogP contribution < -0.4 is 9.47 Å². The third-order valence-electron chi connectivity index (χ3n) is 5.19. The molecule has 0 bridgehead atoms. The second-order valence-electron chi connectivity index (χ2n) is 6.99. The van der Waals surface area contributed by atoms with Crippen molar-refractivity contribution in [2.24, 2.45) is 0 Å². The zero-order valence-corrected chi connectivity index (χ0v) is 17.6. The van der Waals surface area contributed by atoms with E-state index in [1.807, 2.05) is 39.1 Å². The maximum absolute atomic E-state index is 12.6. The SMILES string of the molecule is COc1ccc(CCN(C)C(=O)CCc2c(C)nc3ncnn3c2C)cc1OC. The highest BCUT2D eigenvalue weighted by Crippen LogP contribution is 2.27. The molecule has 0 atom stereocenters. The average molecular weight is 397 g/mol. The Balaban J connectivity index is 1.59. The molecule has 0 radical (unpaired) electrons. The number of aryl methyl sites for hydroxylation is 2. The molecule has 29 heavy (non-hydrogen) atoms. The summed E-state index contributed by atoms with van der Waals surface area (Å²) in [6.07, 6.45) is 3.28. The Morgan fingerprint density at radius 3 is 2.62 bits per heavy atom. The number of nitrogens with zero attached hydrogens (tertiary/aromatic N) is 5. The van der Waals surface area contributed by atoms with Gasteiger partial charge in [0.15, 0.2) is 11.5 Å². The Bertz CT molecular complexity index is 1010. The van der Waals surface area contributed by atoms with Gasteiger partial charge in [-0.1, -0.05) is 6.07 Å². The average Bonchev–Trinajstić information content (AvgIpc) is 3.19. The van der Waals surface area contributed by atoms with E-state index in [1.54, 1.807) is 23.6 Å². The van der Waals surface area contributed by atoms with Crippen LogP contribution in [-0.2, 0) is 17.6 Å². The number of aromatic nitrogens is 4. The third kappa shape index (κ3) is 4.47. The summed E-state index contributed by atoms with van der Waals surface area (Å²) in [6, 6.07) is 5.82. The van der Waals surface area contributed by atoms with E-state index in [-0.39, 0.29) is 5.91 Å². The van der Waals surface area contributed by atoms with Crippen LogP contribution in [0.4, 0.5) is 0 Å². The molecule has 0 unspecified atom stereocenters. The van der Waals surface area contributed by atoms with Crippen LogP contribution in [0.3, 0.4) is 0 Å². The molecule has 1 amide bonds. The highest BCUT2D eigenvalue weighted by Gasteiger charge is 2.15. The summed E-state index contributed by atoms with van der Waals surface area (Å²) < 4.78 is 12.3. The minimum absolute atomic E-state index is 0.1000. The molecule has 0 aliphatic heterocycles. The van der Waals surface area contributed by atoms with Crippen molar-refractivity contribution >= 4 is 11.7 Å². The van der Waals surface area contributed by atoms with E-state index < -0.39 is 0 Å². The molecule has 3 rings (SSSR count). The smallest absolute Gasteiger partial charge is 0.252 e. The summed E-state index contributed by atoms with van der Waals surface area (Å²) in [4.78, 5) is 23.0. The number of benzene rings is 1. The first-order valence-corrected chi connectivity index (χ1v) is 9.55.